The first-order valence-electron chi connectivity index (χ1n) is 2.67. The van der Waals surface area contributed by atoms with Crippen LogP contribution in [0.5, 0.6) is 0 Å². The number of methoxy groups -OCH3 is 1. The maximum atomic E-state index is 4.77. The number of ether oxygens (including phenoxy) is 1. The van der Waals surface area contributed by atoms with E-state index in [2.05, 4.69) is 13.8 Å². The Morgan fingerprint density at radius 1 is 1.71 bits per heavy atom. The van der Waals surface area contributed by atoms with E-state index in [1.165, 1.54) is 0 Å². The predicted molar refractivity (Wildman–Crippen MR) is 30.8 cm³/mol. The maximum absolute atomic E-state index is 4.77. The van der Waals surface area contributed by atoms with E-state index in [-0.39, 0.29) is 0 Å². The van der Waals surface area contributed by atoms with E-state index in [4.69, 9.17) is 4.74 Å². The van der Waals surface area contributed by atoms with Crippen molar-refractivity contribution in [1.82, 2.24) is 0 Å². The minimum absolute atomic E-state index is 0.602. The largest absolute Gasteiger partial charge is 0.378 e. The fourth-order valence-corrected chi connectivity index (χ4v) is 0.329. The molecule has 43 valence electrons. The van der Waals surface area contributed by atoms with Gasteiger partial charge < -0.3 is 4.74 Å². The quantitative estimate of drug-likeness (QED) is 0.527. The van der Waals surface area contributed by atoms with Crippen LogP contribution in [0.15, 0.2) is 0 Å². The molecule has 0 aromatic heterocycles. The van der Waals surface area contributed by atoms with Gasteiger partial charge in [0.25, 0.3) is 0 Å². The van der Waals surface area contributed by atoms with Crippen molar-refractivity contribution < 1.29 is 4.74 Å². The molecular formula is C6H13O. The molecule has 1 radical (unpaired) electrons. The van der Waals surface area contributed by atoms with Gasteiger partial charge in [0.2, 0.25) is 0 Å². The normalized spacial score (nSPS) is 14.1. The van der Waals surface area contributed by atoms with Crippen LogP contribution in [0.1, 0.15) is 20.3 Å². The molecule has 0 bridgehead atoms. The zero-order valence-electron chi connectivity index (χ0n) is 5.27. The Balaban J connectivity index is 2.83. The van der Waals surface area contributed by atoms with Crippen LogP contribution in [0, 0.1) is 12.5 Å². The smallest absolute Gasteiger partial charge is 0.0860 e. The number of hydrogen-bond donors (Lipinski definition) is 0. The molecule has 0 heterocycles. The van der Waals surface area contributed by atoms with Gasteiger partial charge in [0.1, 0.15) is 0 Å². The van der Waals surface area contributed by atoms with Crippen molar-refractivity contribution in [2.45, 2.75) is 20.3 Å². The molecule has 0 aliphatic rings. The van der Waals surface area contributed by atoms with Crippen LogP contribution in [-0.2, 0) is 4.74 Å². The topological polar surface area (TPSA) is 9.23 Å². The molecule has 1 heteroatoms. The summed E-state index contributed by atoms with van der Waals surface area (Å²) in [5, 5.41) is 0. The van der Waals surface area contributed by atoms with Gasteiger partial charge in [-0.1, -0.05) is 20.3 Å². The first-order valence-corrected chi connectivity index (χ1v) is 2.67. The van der Waals surface area contributed by atoms with Gasteiger partial charge in [-0.25, -0.2) is 0 Å². The summed E-state index contributed by atoms with van der Waals surface area (Å²) >= 11 is 0. The lowest BCUT2D eigenvalue weighted by molar-refractivity contribution is 0.232. The SMILES string of the molecule is CC[C@@H](C)[CH]OC. The van der Waals surface area contributed by atoms with Crippen LogP contribution in [0.25, 0.3) is 0 Å². The van der Waals surface area contributed by atoms with Crippen molar-refractivity contribution in [2.24, 2.45) is 5.92 Å². The average Bonchev–Trinajstić information content (AvgIpc) is 1.68. The van der Waals surface area contributed by atoms with Crippen LogP contribution >= 0.6 is 0 Å². The third-order valence-electron chi connectivity index (χ3n) is 1.01. The molecule has 1 atom stereocenters. The molecule has 0 saturated heterocycles. The second-order valence-electron chi connectivity index (χ2n) is 1.76. The van der Waals surface area contributed by atoms with Crippen LogP contribution in [0.3, 0.4) is 0 Å². The molecule has 0 rings (SSSR count). The molecule has 1 nitrogen and oxygen atoms in total. The molecule has 0 unspecified atom stereocenters. The highest BCUT2D eigenvalue weighted by Gasteiger charge is 1.94. The summed E-state index contributed by atoms with van der Waals surface area (Å²) in [6.45, 7) is 6.11. The van der Waals surface area contributed by atoms with Crippen LogP contribution in [0.2, 0.25) is 0 Å². The Labute approximate surface area is 45.7 Å². The first kappa shape index (κ1) is 6.96. The van der Waals surface area contributed by atoms with Crippen LogP contribution in [0.4, 0.5) is 0 Å². The molecule has 0 aliphatic heterocycles. The standard InChI is InChI=1S/C6H13O/c1-4-6(2)5-7-3/h5-6H,4H2,1-3H3/t6-/m1/s1. The van der Waals surface area contributed by atoms with Crippen molar-refractivity contribution >= 4 is 0 Å². The van der Waals surface area contributed by atoms with Gasteiger partial charge in [0, 0.05) is 7.11 Å². The Morgan fingerprint density at radius 2 is 2.29 bits per heavy atom. The van der Waals surface area contributed by atoms with Crippen molar-refractivity contribution in [3.63, 3.8) is 0 Å². The minimum atomic E-state index is 0.602. The summed E-state index contributed by atoms with van der Waals surface area (Å²) in [4.78, 5) is 0. The van der Waals surface area contributed by atoms with E-state index in [9.17, 15) is 0 Å². The fourth-order valence-electron chi connectivity index (χ4n) is 0.329. The molecule has 7 heavy (non-hydrogen) atoms. The van der Waals surface area contributed by atoms with Gasteiger partial charge >= 0.3 is 0 Å². The third-order valence-corrected chi connectivity index (χ3v) is 1.01. The number of rotatable bonds is 3. The van der Waals surface area contributed by atoms with Crippen LogP contribution < -0.4 is 0 Å². The second-order valence-corrected chi connectivity index (χ2v) is 1.76. The van der Waals surface area contributed by atoms with Crippen molar-refractivity contribution in [3.05, 3.63) is 6.61 Å². The second kappa shape index (κ2) is 4.13. The molecular weight excluding hydrogens is 88.1 g/mol. The molecule has 0 saturated carbocycles. The molecule has 0 spiro atoms. The lowest BCUT2D eigenvalue weighted by Gasteiger charge is -2.02. The van der Waals surface area contributed by atoms with Gasteiger partial charge in [-0.15, -0.1) is 0 Å². The van der Waals surface area contributed by atoms with E-state index in [0.29, 0.717) is 5.92 Å². The Hall–Kier alpha value is -0.0400. The summed E-state index contributed by atoms with van der Waals surface area (Å²) in [6.07, 6.45) is 1.16. The Morgan fingerprint density at radius 3 is 2.43 bits per heavy atom. The van der Waals surface area contributed by atoms with Gasteiger partial charge in [-0.05, 0) is 5.92 Å². The Bertz CT molecular complexity index is 35.2. The average molecular weight is 101 g/mol. The highest BCUT2D eigenvalue weighted by atomic mass is 16.5. The van der Waals surface area contributed by atoms with E-state index in [1.807, 2.05) is 6.61 Å². The van der Waals surface area contributed by atoms with Gasteiger partial charge in [0.05, 0.1) is 6.61 Å². The minimum Gasteiger partial charge on any atom is -0.378 e. The first-order chi connectivity index (χ1) is 3.31. The highest BCUT2D eigenvalue weighted by molar-refractivity contribution is 4.57. The van der Waals surface area contributed by atoms with Gasteiger partial charge in [-0.3, -0.25) is 0 Å². The van der Waals surface area contributed by atoms with E-state index in [0.717, 1.165) is 6.42 Å². The summed E-state index contributed by atoms with van der Waals surface area (Å²) in [6, 6.07) is 0. The van der Waals surface area contributed by atoms with Gasteiger partial charge in [0.15, 0.2) is 0 Å². The summed E-state index contributed by atoms with van der Waals surface area (Å²) < 4.78 is 4.77. The molecule has 0 aliphatic carbocycles. The third kappa shape index (κ3) is 3.80. The molecule has 0 amide bonds. The van der Waals surface area contributed by atoms with Crippen molar-refractivity contribution in [2.75, 3.05) is 7.11 Å². The maximum Gasteiger partial charge on any atom is 0.0860 e. The van der Waals surface area contributed by atoms with Gasteiger partial charge in [-0.2, -0.15) is 0 Å². The lowest BCUT2D eigenvalue weighted by atomic mass is 10.1. The molecule has 0 aromatic rings. The zero-order valence-corrected chi connectivity index (χ0v) is 5.27. The number of hydrogen-bond acceptors (Lipinski definition) is 1. The predicted octanol–water partition coefficient (Wildman–Crippen LogP) is 1.84. The van der Waals surface area contributed by atoms with E-state index < -0.39 is 0 Å². The fraction of sp³-hybridized carbons (Fsp3) is 0.833. The Kier molecular flexibility index (Phi) is 4.10. The monoisotopic (exact) mass is 101 g/mol. The van der Waals surface area contributed by atoms with E-state index >= 15 is 0 Å². The lowest BCUT2D eigenvalue weighted by Crippen LogP contribution is -1.93. The van der Waals surface area contributed by atoms with E-state index in [1.54, 1.807) is 7.11 Å². The highest BCUT2D eigenvalue weighted by Crippen LogP contribution is 2.03. The molecule has 0 fully saturated rings. The van der Waals surface area contributed by atoms with Crippen molar-refractivity contribution in [3.8, 4) is 0 Å². The van der Waals surface area contributed by atoms with Crippen molar-refractivity contribution in [1.29, 1.82) is 0 Å². The zero-order chi connectivity index (χ0) is 5.70. The van der Waals surface area contributed by atoms with Crippen LogP contribution in [-0.4, -0.2) is 7.11 Å². The molecule has 0 aromatic carbocycles. The summed E-state index contributed by atoms with van der Waals surface area (Å²) in [7, 11) is 1.69. The molecule has 0 N–H and O–H groups in total. The summed E-state index contributed by atoms with van der Waals surface area (Å²) in [5.74, 6) is 0.602. The summed E-state index contributed by atoms with van der Waals surface area (Å²) in [5.41, 5.74) is 0.